The largest absolute Gasteiger partial charge is 0.492 e. The molecule has 200 valence electrons. The molecule has 4 rings (SSSR count). The fraction of sp³-hybridized carbons (Fsp3) is 0.276. The van der Waals surface area contributed by atoms with Gasteiger partial charge in [0, 0.05) is 18.8 Å². The highest BCUT2D eigenvalue weighted by Crippen LogP contribution is 2.30. The van der Waals surface area contributed by atoms with E-state index in [1.165, 1.54) is 16.7 Å². The number of nitriles is 1. The fourth-order valence-electron chi connectivity index (χ4n) is 4.57. The van der Waals surface area contributed by atoms with Gasteiger partial charge in [0.2, 0.25) is 15.7 Å². The van der Waals surface area contributed by atoms with Crippen LogP contribution >= 0.6 is 0 Å². The maximum absolute atomic E-state index is 13.9. The summed E-state index contributed by atoms with van der Waals surface area (Å²) in [5.41, 5.74) is 2.36. The molecule has 0 aliphatic rings. The second-order valence-electron chi connectivity index (χ2n) is 9.16. The number of pyridine rings is 2. The molecule has 0 saturated carbocycles. The Morgan fingerprint density at radius 1 is 1.08 bits per heavy atom. The van der Waals surface area contributed by atoms with Crippen molar-refractivity contribution in [3.05, 3.63) is 94.1 Å². The summed E-state index contributed by atoms with van der Waals surface area (Å²) in [7, 11) is -4.44. The molecule has 10 heteroatoms. The minimum atomic E-state index is -4.44. The van der Waals surface area contributed by atoms with E-state index < -0.39 is 32.2 Å². The average molecular weight is 544 g/mol. The van der Waals surface area contributed by atoms with Gasteiger partial charge in [-0.15, -0.1) is 0 Å². The van der Waals surface area contributed by atoms with Crippen molar-refractivity contribution in [3.8, 4) is 23.1 Å². The Hall–Kier alpha value is -4.36. The number of unbranched alkanes of at least 4 members (excludes halogenated alkanes) is 1. The topological polar surface area (TPSA) is 139 Å². The first kappa shape index (κ1) is 27.7. The van der Waals surface area contributed by atoms with Crippen LogP contribution in [0.1, 0.15) is 61.9 Å². The first-order valence-electron chi connectivity index (χ1n) is 12.7. The predicted molar refractivity (Wildman–Crippen MR) is 146 cm³/mol. The third kappa shape index (κ3) is 5.45. The molecule has 4 aromatic rings. The number of benzene rings is 1. The second-order valence-corrected chi connectivity index (χ2v) is 11.0. The van der Waals surface area contributed by atoms with Crippen LogP contribution in [-0.4, -0.2) is 33.0 Å². The van der Waals surface area contributed by atoms with Gasteiger partial charge in [0.1, 0.15) is 17.6 Å². The van der Waals surface area contributed by atoms with Gasteiger partial charge in [-0.1, -0.05) is 38.5 Å². The molecule has 1 N–H and O–H groups in total. The van der Waals surface area contributed by atoms with Crippen LogP contribution in [0.2, 0.25) is 0 Å². The van der Waals surface area contributed by atoms with Crippen LogP contribution in [0.15, 0.2) is 75.5 Å². The van der Waals surface area contributed by atoms with E-state index in [9.17, 15) is 23.6 Å². The minimum Gasteiger partial charge on any atom is -0.492 e. The Morgan fingerprint density at radius 2 is 1.82 bits per heavy atom. The van der Waals surface area contributed by atoms with Crippen molar-refractivity contribution in [1.29, 1.82) is 5.26 Å². The summed E-state index contributed by atoms with van der Waals surface area (Å²) in [6.45, 7) is 5.72. The third-order valence-electron chi connectivity index (χ3n) is 6.57. The van der Waals surface area contributed by atoms with Crippen molar-refractivity contribution < 1.29 is 13.5 Å². The first-order valence-corrected chi connectivity index (χ1v) is 14.2. The SMILES string of the molecule is CCCCc1nc(O)c(S(=O)(=O)c2ccc(-c3ccncc3C)cc2)c(=O)n1C(CC)c1cccc(C#N)n1. The lowest BCUT2D eigenvalue weighted by Crippen LogP contribution is -2.34. The maximum Gasteiger partial charge on any atom is 0.277 e. The van der Waals surface area contributed by atoms with Gasteiger partial charge >= 0.3 is 0 Å². The number of aromatic nitrogens is 4. The van der Waals surface area contributed by atoms with Crippen molar-refractivity contribution in [2.45, 2.75) is 62.3 Å². The highest BCUT2D eigenvalue weighted by Gasteiger charge is 2.32. The van der Waals surface area contributed by atoms with Crippen LogP contribution in [0, 0.1) is 18.3 Å². The highest BCUT2D eigenvalue weighted by molar-refractivity contribution is 7.91. The van der Waals surface area contributed by atoms with Gasteiger partial charge in [-0.25, -0.2) is 13.4 Å². The fourth-order valence-corrected chi connectivity index (χ4v) is 5.91. The lowest BCUT2D eigenvalue weighted by Gasteiger charge is -2.22. The molecule has 0 bridgehead atoms. The molecular formula is C29H29N5O4S. The summed E-state index contributed by atoms with van der Waals surface area (Å²) >= 11 is 0. The van der Waals surface area contributed by atoms with E-state index in [1.54, 1.807) is 42.7 Å². The Labute approximate surface area is 227 Å². The zero-order valence-corrected chi connectivity index (χ0v) is 22.8. The van der Waals surface area contributed by atoms with E-state index >= 15 is 0 Å². The van der Waals surface area contributed by atoms with Gasteiger partial charge in [-0.3, -0.25) is 14.3 Å². The molecular weight excluding hydrogens is 514 g/mol. The molecule has 9 nitrogen and oxygen atoms in total. The van der Waals surface area contributed by atoms with Gasteiger partial charge in [-0.2, -0.15) is 10.2 Å². The summed E-state index contributed by atoms with van der Waals surface area (Å²) in [4.78, 5) is 25.7. The minimum absolute atomic E-state index is 0.141. The van der Waals surface area contributed by atoms with E-state index in [-0.39, 0.29) is 16.4 Å². The zero-order valence-electron chi connectivity index (χ0n) is 22.0. The molecule has 3 heterocycles. The number of hydrogen-bond donors (Lipinski definition) is 1. The van der Waals surface area contributed by atoms with Crippen LogP contribution < -0.4 is 5.56 Å². The molecule has 39 heavy (non-hydrogen) atoms. The van der Waals surface area contributed by atoms with Crippen molar-refractivity contribution in [2.24, 2.45) is 0 Å². The predicted octanol–water partition coefficient (Wildman–Crippen LogP) is 4.76. The number of aryl methyl sites for hydroxylation is 2. The molecule has 1 unspecified atom stereocenters. The van der Waals surface area contributed by atoms with Crippen molar-refractivity contribution >= 4 is 9.84 Å². The molecule has 0 fully saturated rings. The standard InChI is InChI=1S/C29H29N5O4S/c1-4-6-10-26-33-28(35)27(29(36)34(26)25(5-2)24-9-7-8-21(17-30)32-24)39(37,38)22-13-11-20(12-14-22)23-15-16-31-18-19(23)3/h7-9,11-16,18,25,35H,4-6,10H2,1-3H3. The number of sulfone groups is 1. The second kappa shape index (κ2) is 11.6. The van der Waals surface area contributed by atoms with E-state index in [0.717, 1.165) is 23.1 Å². The van der Waals surface area contributed by atoms with Crippen LogP contribution in [0.4, 0.5) is 0 Å². The Morgan fingerprint density at radius 3 is 2.46 bits per heavy atom. The number of aromatic hydroxyl groups is 1. The Kier molecular flexibility index (Phi) is 8.21. The molecule has 0 amide bonds. The summed E-state index contributed by atoms with van der Waals surface area (Å²) in [6, 6.07) is 14.2. The first-order chi connectivity index (χ1) is 18.7. The van der Waals surface area contributed by atoms with Gasteiger partial charge in [0.15, 0.2) is 4.90 Å². The summed E-state index contributed by atoms with van der Waals surface area (Å²) in [6.07, 6.45) is 5.60. The van der Waals surface area contributed by atoms with Crippen LogP contribution in [0.3, 0.4) is 0 Å². The lowest BCUT2D eigenvalue weighted by molar-refractivity contribution is 0.405. The summed E-state index contributed by atoms with van der Waals surface area (Å²) < 4.78 is 28.8. The maximum atomic E-state index is 13.9. The van der Waals surface area contributed by atoms with E-state index in [0.29, 0.717) is 25.0 Å². The Bertz CT molecular complexity index is 1710. The third-order valence-corrected chi connectivity index (χ3v) is 8.36. The average Bonchev–Trinajstić information content (AvgIpc) is 2.94. The quantitative estimate of drug-likeness (QED) is 0.319. The van der Waals surface area contributed by atoms with Crippen LogP contribution in [0.25, 0.3) is 11.1 Å². The molecule has 1 atom stereocenters. The van der Waals surface area contributed by atoms with E-state index in [4.69, 9.17) is 0 Å². The molecule has 0 saturated heterocycles. The van der Waals surface area contributed by atoms with Gasteiger partial charge < -0.3 is 5.11 Å². The summed E-state index contributed by atoms with van der Waals surface area (Å²) in [5, 5.41) is 20.1. The molecule has 3 aromatic heterocycles. The van der Waals surface area contributed by atoms with E-state index in [2.05, 4.69) is 15.0 Å². The molecule has 0 radical (unpaired) electrons. The molecule has 1 aromatic carbocycles. The normalized spacial score (nSPS) is 12.2. The smallest absolute Gasteiger partial charge is 0.277 e. The van der Waals surface area contributed by atoms with E-state index in [1.807, 2.05) is 32.9 Å². The number of rotatable bonds is 9. The lowest BCUT2D eigenvalue weighted by atomic mass is 10.0. The zero-order chi connectivity index (χ0) is 28.2. The summed E-state index contributed by atoms with van der Waals surface area (Å²) in [5.74, 6) is -0.567. The molecule has 0 aliphatic carbocycles. The van der Waals surface area contributed by atoms with Gasteiger partial charge in [0.05, 0.1) is 16.6 Å². The van der Waals surface area contributed by atoms with Crippen molar-refractivity contribution in [2.75, 3.05) is 0 Å². The number of hydrogen-bond acceptors (Lipinski definition) is 8. The monoisotopic (exact) mass is 543 g/mol. The van der Waals surface area contributed by atoms with Crippen LogP contribution in [0.5, 0.6) is 5.88 Å². The molecule has 0 spiro atoms. The number of nitrogens with zero attached hydrogens (tertiary/aromatic N) is 5. The van der Waals surface area contributed by atoms with Gasteiger partial charge in [-0.05, 0) is 66.8 Å². The highest BCUT2D eigenvalue weighted by atomic mass is 32.2. The van der Waals surface area contributed by atoms with Crippen molar-refractivity contribution in [1.82, 2.24) is 19.5 Å². The van der Waals surface area contributed by atoms with Gasteiger partial charge in [0.25, 0.3) is 5.56 Å². The van der Waals surface area contributed by atoms with Crippen LogP contribution in [-0.2, 0) is 16.3 Å². The Balaban J connectivity index is 1.88. The molecule has 0 aliphatic heterocycles. The van der Waals surface area contributed by atoms with Crippen molar-refractivity contribution in [3.63, 3.8) is 0 Å².